The Bertz CT molecular complexity index is 1560. The molecule has 0 aliphatic carbocycles. The molecule has 4 aromatic rings. The zero-order valence-corrected chi connectivity index (χ0v) is 22.5. The Hall–Kier alpha value is -5.03. The molecule has 2 N–H and O–H groups in total. The number of ether oxygens (including phenoxy) is 3. The number of nitro benzene ring substituents is 1. The summed E-state index contributed by atoms with van der Waals surface area (Å²) in [7, 11) is 1.62. The number of anilines is 2. The molecule has 6 rings (SSSR count). The number of nitro groups is 1. The number of amides is 1. The lowest BCUT2D eigenvalue weighted by Gasteiger charge is -2.15. The molecule has 0 fully saturated rings. The molecule has 11 heteroatoms. The van der Waals surface area contributed by atoms with Crippen molar-refractivity contribution < 1.29 is 23.9 Å². The minimum atomic E-state index is -0.517. The first-order valence-electron chi connectivity index (χ1n) is 13.1. The van der Waals surface area contributed by atoms with Crippen molar-refractivity contribution >= 4 is 23.2 Å². The van der Waals surface area contributed by atoms with Gasteiger partial charge in [-0.25, -0.2) is 9.97 Å². The molecule has 0 spiro atoms. The van der Waals surface area contributed by atoms with Crippen molar-refractivity contribution in [1.29, 1.82) is 0 Å². The van der Waals surface area contributed by atoms with E-state index in [1.807, 2.05) is 42.5 Å². The van der Waals surface area contributed by atoms with Crippen molar-refractivity contribution in [2.24, 2.45) is 0 Å². The quantitative estimate of drug-likeness (QED) is 0.244. The van der Waals surface area contributed by atoms with Crippen molar-refractivity contribution in [2.75, 3.05) is 25.6 Å². The molecule has 6 bridgehead atoms. The molecule has 0 atom stereocenters. The lowest BCUT2D eigenvalue weighted by molar-refractivity contribution is -0.384. The van der Waals surface area contributed by atoms with Crippen LogP contribution in [0.2, 0.25) is 0 Å². The van der Waals surface area contributed by atoms with Crippen LogP contribution < -0.4 is 20.1 Å². The van der Waals surface area contributed by atoms with Gasteiger partial charge in [0.15, 0.2) is 0 Å². The predicted octanol–water partition coefficient (Wildman–Crippen LogP) is 5.42. The molecule has 210 valence electrons. The Morgan fingerprint density at radius 3 is 2.78 bits per heavy atom. The van der Waals surface area contributed by atoms with Crippen molar-refractivity contribution in [3.63, 3.8) is 0 Å². The molecule has 0 saturated heterocycles. The second kappa shape index (κ2) is 12.9. The molecule has 2 aliphatic heterocycles. The van der Waals surface area contributed by atoms with Crippen LogP contribution in [0.3, 0.4) is 0 Å². The van der Waals surface area contributed by atoms with E-state index in [0.717, 1.165) is 16.9 Å². The van der Waals surface area contributed by atoms with Gasteiger partial charge in [-0.15, -0.1) is 0 Å². The van der Waals surface area contributed by atoms with E-state index in [2.05, 4.69) is 20.6 Å². The molecular formula is C30H29N5O6. The highest BCUT2D eigenvalue weighted by Crippen LogP contribution is 2.31. The normalized spacial score (nSPS) is 13.6. The Morgan fingerprint density at radius 2 is 1.93 bits per heavy atom. The molecule has 0 radical (unpaired) electrons. The van der Waals surface area contributed by atoms with Crippen LogP contribution >= 0.6 is 0 Å². The highest BCUT2D eigenvalue weighted by Gasteiger charge is 2.20. The lowest BCUT2D eigenvalue weighted by Crippen LogP contribution is -2.24. The molecule has 1 aromatic heterocycles. The summed E-state index contributed by atoms with van der Waals surface area (Å²) in [4.78, 5) is 32.8. The van der Waals surface area contributed by atoms with Crippen LogP contribution in [0.1, 0.15) is 34.3 Å². The van der Waals surface area contributed by atoms with E-state index in [0.29, 0.717) is 56.3 Å². The molecule has 3 aromatic carbocycles. The zero-order chi connectivity index (χ0) is 28.6. The van der Waals surface area contributed by atoms with Gasteiger partial charge >= 0.3 is 0 Å². The number of benzene rings is 3. The summed E-state index contributed by atoms with van der Waals surface area (Å²) in [6.45, 7) is 1.51. The number of para-hydroxylation sites is 1. The topological polar surface area (TPSA) is 138 Å². The van der Waals surface area contributed by atoms with Crippen LogP contribution in [0, 0.1) is 10.1 Å². The summed E-state index contributed by atoms with van der Waals surface area (Å²) in [6.07, 6.45) is 2.92. The molecule has 1 amide bonds. The Labute approximate surface area is 236 Å². The highest BCUT2D eigenvalue weighted by molar-refractivity contribution is 5.96. The van der Waals surface area contributed by atoms with Gasteiger partial charge < -0.3 is 24.8 Å². The maximum atomic E-state index is 12.6. The van der Waals surface area contributed by atoms with Gasteiger partial charge in [-0.05, 0) is 55.3 Å². The van der Waals surface area contributed by atoms with Gasteiger partial charge in [0.2, 0.25) is 5.95 Å². The van der Waals surface area contributed by atoms with Gasteiger partial charge in [-0.3, -0.25) is 14.9 Å². The third-order valence-corrected chi connectivity index (χ3v) is 6.54. The number of rotatable bonds is 5. The first-order valence-corrected chi connectivity index (χ1v) is 13.1. The predicted molar refractivity (Wildman–Crippen MR) is 152 cm³/mol. The average Bonchev–Trinajstić information content (AvgIpc) is 2.99. The Morgan fingerprint density at radius 1 is 1.05 bits per heavy atom. The van der Waals surface area contributed by atoms with Crippen LogP contribution in [-0.4, -0.2) is 41.1 Å². The number of hydrogen-bond donors (Lipinski definition) is 2. The van der Waals surface area contributed by atoms with E-state index >= 15 is 0 Å². The second-order valence-electron chi connectivity index (χ2n) is 9.32. The molecule has 2 aliphatic rings. The first-order chi connectivity index (χ1) is 20.0. The molecule has 41 heavy (non-hydrogen) atoms. The molecule has 3 heterocycles. The summed E-state index contributed by atoms with van der Waals surface area (Å²) < 4.78 is 17.6. The smallest absolute Gasteiger partial charge is 0.279 e. The largest absolute Gasteiger partial charge is 0.496 e. The summed E-state index contributed by atoms with van der Waals surface area (Å²) in [5.74, 6) is 1.28. The molecule has 0 unspecified atom stereocenters. The van der Waals surface area contributed by atoms with Gasteiger partial charge in [0.1, 0.15) is 18.1 Å². The van der Waals surface area contributed by atoms with Gasteiger partial charge in [0.25, 0.3) is 11.6 Å². The van der Waals surface area contributed by atoms with Gasteiger partial charge in [-0.2, -0.15) is 0 Å². The molecular weight excluding hydrogens is 526 g/mol. The van der Waals surface area contributed by atoms with E-state index in [4.69, 9.17) is 14.2 Å². The van der Waals surface area contributed by atoms with E-state index < -0.39 is 4.92 Å². The molecule has 0 saturated carbocycles. The summed E-state index contributed by atoms with van der Waals surface area (Å²) in [5.41, 5.74) is 3.05. The van der Waals surface area contributed by atoms with Crippen LogP contribution in [0.5, 0.6) is 11.5 Å². The minimum absolute atomic E-state index is 0.207. The van der Waals surface area contributed by atoms with Gasteiger partial charge in [0.05, 0.1) is 29.9 Å². The Balaban J connectivity index is 1.46. The maximum absolute atomic E-state index is 12.6. The fourth-order valence-electron chi connectivity index (χ4n) is 4.44. The lowest BCUT2D eigenvalue weighted by atomic mass is 10.1. The number of carbonyl (C=O) groups is 1. The highest BCUT2D eigenvalue weighted by atomic mass is 16.6. The zero-order valence-electron chi connectivity index (χ0n) is 22.5. The number of hydrogen-bond acceptors (Lipinski definition) is 9. The van der Waals surface area contributed by atoms with Crippen LogP contribution in [0.4, 0.5) is 17.3 Å². The molecule has 11 nitrogen and oxygen atoms in total. The minimum Gasteiger partial charge on any atom is -0.496 e. The van der Waals surface area contributed by atoms with Crippen LogP contribution in [-0.2, 0) is 18.0 Å². The SMILES string of the molecule is COc1ccccc1COc1ccc2cc1COCCCCNC(=O)c1ccc(c([N+](=O)[O-])c1)-c1ccnc(n1)N2. The standard InChI is InChI=1S/C30H29N5O6/c1-39-27-7-3-2-6-21(27)19-41-28-11-9-23-16-22(28)18-40-15-5-4-13-31-29(36)20-8-10-24(26(17-20)35(37)38)25-12-14-32-30(33-23)34-25/h2-3,6-12,14,16-17H,4-5,13,15,18-19H2,1H3,(H,31,36)(H,32,33,34). The van der Waals surface area contributed by atoms with Crippen molar-refractivity contribution in [1.82, 2.24) is 15.3 Å². The van der Waals surface area contributed by atoms with E-state index in [1.165, 1.54) is 18.3 Å². The second-order valence-corrected chi connectivity index (χ2v) is 9.32. The van der Waals surface area contributed by atoms with Crippen LogP contribution in [0.15, 0.2) is 72.9 Å². The Kier molecular flexibility index (Phi) is 8.65. The average molecular weight is 556 g/mol. The van der Waals surface area contributed by atoms with E-state index in [9.17, 15) is 14.9 Å². The number of nitrogens with zero attached hydrogens (tertiary/aromatic N) is 3. The maximum Gasteiger partial charge on any atom is 0.279 e. The van der Waals surface area contributed by atoms with Crippen molar-refractivity contribution in [2.45, 2.75) is 26.1 Å². The van der Waals surface area contributed by atoms with Crippen LogP contribution in [0.25, 0.3) is 11.3 Å². The first kappa shape index (κ1) is 27.5. The monoisotopic (exact) mass is 555 g/mol. The third-order valence-electron chi connectivity index (χ3n) is 6.54. The van der Waals surface area contributed by atoms with Crippen molar-refractivity contribution in [3.05, 3.63) is 99.7 Å². The fraction of sp³-hybridized carbons (Fsp3) is 0.233. The number of methoxy groups -OCH3 is 1. The third kappa shape index (κ3) is 6.76. The van der Waals surface area contributed by atoms with Crippen molar-refractivity contribution in [3.8, 4) is 22.8 Å². The number of carbonyl (C=O) groups excluding carboxylic acids is 1. The fourth-order valence-corrected chi connectivity index (χ4v) is 4.44. The number of fused-ring (bicyclic) bond motifs is 9. The van der Waals surface area contributed by atoms with E-state index in [1.54, 1.807) is 19.2 Å². The van der Waals surface area contributed by atoms with Gasteiger partial charge in [0, 0.05) is 47.8 Å². The summed E-state index contributed by atoms with van der Waals surface area (Å²) >= 11 is 0. The van der Waals surface area contributed by atoms with E-state index in [-0.39, 0.29) is 28.7 Å². The summed E-state index contributed by atoms with van der Waals surface area (Å²) in [5, 5.41) is 17.9. The number of aromatic nitrogens is 2. The summed E-state index contributed by atoms with van der Waals surface area (Å²) in [6, 6.07) is 19.2. The number of nitrogens with one attached hydrogen (secondary N) is 2. The van der Waals surface area contributed by atoms with Gasteiger partial charge in [-0.1, -0.05) is 18.2 Å².